The maximum Gasteiger partial charge on any atom is 0.305 e. The number of hydrogen-bond donors (Lipinski definition) is 1. The largest absolute Gasteiger partial charge is 0.481 e. The van der Waals surface area contributed by atoms with Crippen LogP contribution in [-0.2, 0) is 14.3 Å². The summed E-state index contributed by atoms with van der Waals surface area (Å²) in [5.41, 5.74) is 0. The summed E-state index contributed by atoms with van der Waals surface area (Å²) in [6.45, 7) is 5.71. The van der Waals surface area contributed by atoms with E-state index in [1.807, 2.05) is 0 Å². The summed E-state index contributed by atoms with van der Waals surface area (Å²) < 4.78 is 9.56. The maximum absolute atomic E-state index is 9.92. The summed E-state index contributed by atoms with van der Waals surface area (Å²) in [6, 6.07) is 0. The molecule has 1 N–H and O–H groups in total. The number of rotatable bonds is 8. The van der Waals surface area contributed by atoms with Gasteiger partial charge in [0.2, 0.25) is 0 Å². The Morgan fingerprint density at radius 1 is 1.32 bits per heavy atom. The number of carboxylic acid groups (broad SMARTS) is 1. The predicted molar refractivity (Wildman–Crippen MR) is 75.1 cm³/mol. The molecule has 5 nitrogen and oxygen atoms in total. The van der Waals surface area contributed by atoms with Crippen LogP contribution >= 0.6 is 0 Å². The molecule has 0 saturated carbocycles. The van der Waals surface area contributed by atoms with Gasteiger partial charge >= 0.3 is 5.97 Å². The van der Waals surface area contributed by atoms with Gasteiger partial charge in [0.25, 0.3) is 0 Å². The van der Waals surface area contributed by atoms with Crippen molar-refractivity contribution in [3.8, 4) is 0 Å². The standard InChI is InChI=1S/C8H13N.C6H12O4/c1-2-6-9-7-4-3-5-8-9;1-9-4-5-10-3-2-6(7)8/h3-5,7H,2,6,8H2,1H3;2-5H2,1H3,(H,7,8). The van der Waals surface area contributed by atoms with Gasteiger partial charge < -0.3 is 19.5 Å². The molecule has 1 aliphatic rings. The van der Waals surface area contributed by atoms with Crippen LogP contribution in [0.2, 0.25) is 0 Å². The topological polar surface area (TPSA) is 59.0 Å². The zero-order chi connectivity index (χ0) is 14.3. The Bertz CT molecular complexity index is 277. The summed E-state index contributed by atoms with van der Waals surface area (Å²) in [6.07, 6.45) is 9.78. The second kappa shape index (κ2) is 13.1. The molecule has 0 aromatic heterocycles. The summed E-state index contributed by atoms with van der Waals surface area (Å²) >= 11 is 0. The fourth-order valence-electron chi connectivity index (χ4n) is 1.36. The van der Waals surface area contributed by atoms with Crippen molar-refractivity contribution in [3.63, 3.8) is 0 Å². The van der Waals surface area contributed by atoms with Crippen LogP contribution in [0, 0.1) is 0 Å². The lowest BCUT2D eigenvalue weighted by atomic mass is 10.3. The first kappa shape index (κ1) is 17.7. The van der Waals surface area contributed by atoms with E-state index in [2.05, 4.69) is 41.0 Å². The number of ether oxygens (including phenoxy) is 2. The Kier molecular flexibility index (Phi) is 12.2. The van der Waals surface area contributed by atoms with Gasteiger partial charge in [-0.1, -0.05) is 19.1 Å². The lowest BCUT2D eigenvalue weighted by molar-refractivity contribution is -0.138. The van der Waals surface area contributed by atoms with E-state index in [1.165, 1.54) is 13.0 Å². The quantitative estimate of drug-likeness (QED) is 0.683. The summed E-state index contributed by atoms with van der Waals surface area (Å²) in [4.78, 5) is 12.2. The van der Waals surface area contributed by atoms with Gasteiger partial charge in [0.05, 0.1) is 26.2 Å². The minimum atomic E-state index is -0.836. The zero-order valence-corrected chi connectivity index (χ0v) is 11.9. The molecule has 5 heteroatoms. The maximum atomic E-state index is 9.92. The molecule has 0 aliphatic carbocycles. The van der Waals surface area contributed by atoms with Gasteiger partial charge in [0, 0.05) is 20.2 Å². The molecule has 1 rings (SSSR count). The molecule has 1 aliphatic heterocycles. The SMILES string of the molecule is CCCN1C=CC=CC1.COCCOCCC(=O)O. The minimum Gasteiger partial charge on any atom is -0.481 e. The number of nitrogens with zero attached hydrogens (tertiary/aromatic N) is 1. The zero-order valence-electron chi connectivity index (χ0n) is 11.9. The molecular formula is C14H25NO4. The molecule has 1 heterocycles. The molecule has 0 fully saturated rings. The minimum absolute atomic E-state index is 0.0592. The van der Waals surface area contributed by atoms with Crippen molar-refractivity contribution in [2.75, 3.05) is 40.0 Å². The van der Waals surface area contributed by atoms with E-state index in [1.54, 1.807) is 7.11 Å². The van der Waals surface area contributed by atoms with E-state index in [9.17, 15) is 4.79 Å². The van der Waals surface area contributed by atoms with Gasteiger partial charge in [-0.25, -0.2) is 0 Å². The van der Waals surface area contributed by atoms with Crippen LogP contribution in [0.3, 0.4) is 0 Å². The van der Waals surface area contributed by atoms with Gasteiger partial charge in [-0.15, -0.1) is 0 Å². The normalized spacial score (nSPS) is 13.1. The Morgan fingerprint density at radius 2 is 2.11 bits per heavy atom. The molecule has 0 radical (unpaired) electrons. The summed E-state index contributed by atoms with van der Waals surface area (Å²) in [5.74, 6) is -0.836. The Balaban J connectivity index is 0.000000342. The van der Waals surface area contributed by atoms with Crippen LogP contribution in [0.5, 0.6) is 0 Å². The smallest absolute Gasteiger partial charge is 0.305 e. The Morgan fingerprint density at radius 3 is 2.63 bits per heavy atom. The van der Waals surface area contributed by atoms with Crippen molar-refractivity contribution in [2.24, 2.45) is 0 Å². The molecule has 0 aromatic rings. The monoisotopic (exact) mass is 271 g/mol. The van der Waals surface area contributed by atoms with Gasteiger partial charge in [0.15, 0.2) is 0 Å². The molecular weight excluding hydrogens is 246 g/mol. The summed E-state index contributed by atoms with van der Waals surface area (Å²) in [5, 5.41) is 8.16. The van der Waals surface area contributed by atoms with Crippen LogP contribution < -0.4 is 0 Å². The van der Waals surface area contributed by atoms with Crippen LogP contribution in [0.4, 0.5) is 0 Å². The average Bonchev–Trinajstić information content (AvgIpc) is 2.40. The van der Waals surface area contributed by atoms with E-state index in [0.29, 0.717) is 13.2 Å². The summed E-state index contributed by atoms with van der Waals surface area (Å²) in [7, 11) is 1.57. The number of hydrogen-bond acceptors (Lipinski definition) is 4. The molecule has 0 saturated heterocycles. The number of methoxy groups -OCH3 is 1. The lowest BCUT2D eigenvalue weighted by Crippen LogP contribution is -2.19. The van der Waals surface area contributed by atoms with Gasteiger partial charge in [-0.05, 0) is 18.7 Å². The number of carbonyl (C=O) groups is 1. The second-order valence-electron chi connectivity index (χ2n) is 4.01. The van der Waals surface area contributed by atoms with Gasteiger partial charge in [-0.3, -0.25) is 4.79 Å². The van der Waals surface area contributed by atoms with Crippen molar-refractivity contribution in [3.05, 3.63) is 24.4 Å². The molecule has 19 heavy (non-hydrogen) atoms. The number of carboxylic acids is 1. The van der Waals surface area contributed by atoms with Crippen LogP contribution in [0.1, 0.15) is 19.8 Å². The van der Waals surface area contributed by atoms with E-state index in [0.717, 1.165) is 6.54 Å². The highest BCUT2D eigenvalue weighted by atomic mass is 16.5. The molecule has 0 atom stereocenters. The number of aliphatic carboxylic acids is 1. The van der Waals surface area contributed by atoms with E-state index in [-0.39, 0.29) is 13.0 Å². The second-order valence-corrected chi connectivity index (χ2v) is 4.01. The van der Waals surface area contributed by atoms with Crippen LogP contribution in [0.25, 0.3) is 0 Å². The third kappa shape index (κ3) is 12.9. The first-order valence-electron chi connectivity index (χ1n) is 6.56. The molecule has 0 bridgehead atoms. The molecule has 110 valence electrons. The lowest BCUT2D eigenvalue weighted by Gasteiger charge is -2.18. The highest BCUT2D eigenvalue weighted by Gasteiger charge is 1.95. The van der Waals surface area contributed by atoms with Crippen molar-refractivity contribution >= 4 is 5.97 Å². The number of allylic oxidation sites excluding steroid dienone is 2. The van der Waals surface area contributed by atoms with Crippen LogP contribution in [-0.4, -0.2) is 56.0 Å². The molecule has 0 unspecified atom stereocenters. The van der Waals surface area contributed by atoms with E-state index >= 15 is 0 Å². The third-order valence-electron chi connectivity index (χ3n) is 2.29. The highest BCUT2D eigenvalue weighted by molar-refractivity contribution is 5.66. The van der Waals surface area contributed by atoms with Gasteiger partial charge in [0.1, 0.15) is 0 Å². The van der Waals surface area contributed by atoms with E-state index < -0.39 is 5.97 Å². The fourth-order valence-corrected chi connectivity index (χ4v) is 1.36. The van der Waals surface area contributed by atoms with E-state index in [4.69, 9.17) is 9.84 Å². The average molecular weight is 271 g/mol. The molecule has 0 spiro atoms. The van der Waals surface area contributed by atoms with Crippen molar-refractivity contribution < 1.29 is 19.4 Å². The first-order valence-corrected chi connectivity index (χ1v) is 6.56. The third-order valence-corrected chi connectivity index (χ3v) is 2.29. The molecule has 0 amide bonds. The van der Waals surface area contributed by atoms with Crippen molar-refractivity contribution in [1.82, 2.24) is 4.90 Å². The predicted octanol–water partition coefficient (Wildman–Crippen LogP) is 1.91. The van der Waals surface area contributed by atoms with Crippen molar-refractivity contribution in [1.29, 1.82) is 0 Å². The van der Waals surface area contributed by atoms with Crippen LogP contribution in [0.15, 0.2) is 24.4 Å². The Hall–Kier alpha value is -1.33. The fraction of sp³-hybridized carbons (Fsp3) is 0.643. The Labute approximate surface area is 115 Å². The molecule has 0 aromatic carbocycles. The highest BCUT2D eigenvalue weighted by Crippen LogP contribution is 1.98. The van der Waals surface area contributed by atoms with Gasteiger partial charge in [-0.2, -0.15) is 0 Å². The van der Waals surface area contributed by atoms with Crippen molar-refractivity contribution in [2.45, 2.75) is 19.8 Å². The first-order chi connectivity index (χ1) is 9.20.